The number of H-pyrrole nitrogens is 1. The fourth-order valence-electron chi connectivity index (χ4n) is 1.45. The van der Waals surface area contributed by atoms with Crippen molar-refractivity contribution in [3.63, 3.8) is 0 Å². The van der Waals surface area contributed by atoms with Crippen molar-refractivity contribution in [3.8, 4) is 12.3 Å². The van der Waals surface area contributed by atoms with E-state index in [2.05, 4.69) is 33.3 Å². The van der Waals surface area contributed by atoms with Gasteiger partial charge in [-0.2, -0.15) is 5.10 Å². The molecule has 0 radical (unpaired) electrons. The summed E-state index contributed by atoms with van der Waals surface area (Å²) in [5, 5.41) is 10.2. The van der Waals surface area contributed by atoms with Gasteiger partial charge in [-0.25, -0.2) is 4.98 Å². The molecular weight excluding hydrogens is 188 g/mol. The monoisotopic (exact) mass is 206 g/mol. The van der Waals surface area contributed by atoms with E-state index in [1.807, 2.05) is 0 Å². The minimum Gasteiger partial charge on any atom is -0.307 e. The topological polar surface area (TPSA) is 53.6 Å². The predicted octanol–water partition coefficient (Wildman–Crippen LogP) is 1.65. The average molecular weight is 206 g/mol. The minimum absolute atomic E-state index is 0.251. The van der Waals surface area contributed by atoms with Crippen LogP contribution in [0.4, 0.5) is 0 Å². The predicted molar refractivity (Wildman–Crippen MR) is 60.1 cm³/mol. The van der Waals surface area contributed by atoms with E-state index in [-0.39, 0.29) is 6.04 Å². The zero-order valence-corrected chi connectivity index (χ0v) is 9.16. The first-order valence-electron chi connectivity index (χ1n) is 5.40. The summed E-state index contributed by atoms with van der Waals surface area (Å²) in [5.41, 5.74) is 0. The molecule has 0 saturated carbocycles. The molecule has 1 aromatic heterocycles. The van der Waals surface area contributed by atoms with Crippen LogP contribution in [0.5, 0.6) is 0 Å². The van der Waals surface area contributed by atoms with Gasteiger partial charge in [0, 0.05) is 6.42 Å². The van der Waals surface area contributed by atoms with Gasteiger partial charge in [-0.1, -0.05) is 6.92 Å². The second kappa shape index (κ2) is 7.02. The number of aromatic amines is 1. The second-order valence-electron chi connectivity index (χ2n) is 3.47. The molecule has 0 fully saturated rings. The number of terminal acetylenes is 1. The lowest BCUT2D eigenvalue weighted by molar-refractivity contribution is 0.467. The number of nitrogens with one attached hydrogen (secondary N) is 2. The minimum atomic E-state index is 0.251. The maximum Gasteiger partial charge on any atom is 0.141 e. The Morgan fingerprint density at radius 3 is 3.13 bits per heavy atom. The molecule has 0 aromatic carbocycles. The zero-order valence-electron chi connectivity index (χ0n) is 9.16. The Labute approximate surface area is 90.9 Å². The van der Waals surface area contributed by atoms with Crippen molar-refractivity contribution in [1.82, 2.24) is 20.5 Å². The largest absolute Gasteiger partial charge is 0.307 e. The number of rotatable bonds is 7. The molecule has 4 heteroatoms. The molecule has 82 valence electrons. The first-order valence-corrected chi connectivity index (χ1v) is 5.40. The summed E-state index contributed by atoms with van der Waals surface area (Å²) in [6.07, 6.45) is 10.7. The van der Waals surface area contributed by atoms with Crippen molar-refractivity contribution >= 4 is 0 Å². The average Bonchev–Trinajstić information content (AvgIpc) is 2.76. The summed E-state index contributed by atoms with van der Waals surface area (Å²) >= 11 is 0. The molecular formula is C11H18N4. The van der Waals surface area contributed by atoms with Gasteiger partial charge in [0.05, 0.1) is 6.04 Å². The summed E-state index contributed by atoms with van der Waals surface area (Å²) in [7, 11) is 0. The lowest BCUT2D eigenvalue weighted by atomic mass is 10.1. The van der Waals surface area contributed by atoms with Crippen molar-refractivity contribution in [3.05, 3.63) is 12.2 Å². The van der Waals surface area contributed by atoms with E-state index in [0.29, 0.717) is 0 Å². The molecule has 1 unspecified atom stereocenters. The summed E-state index contributed by atoms with van der Waals surface area (Å²) in [6.45, 7) is 3.13. The van der Waals surface area contributed by atoms with Gasteiger partial charge >= 0.3 is 0 Å². The first-order chi connectivity index (χ1) is 7.38. The van der Waals surface area contributed by atoms with Crippen LogP contribution in [-0.4, -0.2) is 21.7 Å². The SMILES string of the molecule is C#CCCCC(NCCC)c1ncn[nH]1. The van der Waals surface area contributed by atoms with Gasteiger partial charge < -0.3 is 5.32 Å². The second-order valence-corrected chi connectivity index (χ2v) is 3.47. The summed E-state index contributed by atoms with van der Waals surface area (Å²) in [5.74, 6) is 3.55. The van der Waals surface area contributed by atoms with Crippen LogP contribution in [0.25, 0.3) is 0 Å². The molecule has 1 rings (SSSR count). The first kappa shape index (κ1) is 11.7. The molecule has 0 aliphatic heterocycles. The fraction of sp³-hybridized carbons (Fsp3) is 0.636. The number of hydrogen-bond donors (Lipinski definition) is 2. The molecule has 1 heterocycles. The Hall–Kier alpha value is -1.34. The highest BCUT2D eigenvalue weighted by atomic mass is 15.2. The fourth-order valence-corrected chi connectivity index (χ4v) is 1.45. The van der Waals surface area contributed by atoms with Crippen molar-refractivity contribution in [1.29, 1.82) is 0 Å². The van der Waals surface area contributed by atoms with Gasteiger partial charge in [-0.3, -0.25) is 5.10 Å². The van der Waals surface area contributed by atoms with E-state index in [0.717, 1.165) is 38.1 Å². The molecule has 0 saturated heterocycles. The van der Waals surface area contributed by atoms with Gasteiger partial charge in [0.15, 0.2) is 0 Å². The van der Waals surface area contributed by atoms with E-state index in [1.165, 1.54) is 6.33 Å². The Balaban J connectivity index is 2.43. The smallest absolute Gasteiger partial charge is 0.141 e. The standard InChI is InChI=1S/C11H18N4/c1-3-5-6-7-10(12-8-4-2)11-13-9-14-15-11/h1,9-10,12H,4-8H2,2H3,(H,13,14,15). The number of unbranched alkanes of at least 4 members (excludes halogenated alkanes) is 1. The molecule has 0 aliphatic carbocycles. The van der Waals surface area contributed by atoms with Crippen LogP contribution in [0.3, 0.4) is 0 Å². The molecule has 0 bridgehead atoms. The Bertz CT molecular complexity index is 286. The van der Waals surface area contributed by atoms with Crippen LogP contribution in [0, 0.1) is 12.3 Å². The van der Waals surface area contributed by atoms with Crippen molar-refractivity contribution in [2.45, 2.75) is 38.6 Å². The van der Waals surface area contributed by atoms with Crippen molar-refractivity contribution in [2.75, 3.05) is 6.54 Å². The van der Waals surface area contributed by atoms with Gasteiger partial charge in [-0.15, -0.1) is 12.3 Å². The lowest BCUT2D eigenvalue weighted by Gasteiger charge is -2.14. The van der Waals surface area contributed by atoms with E-state index >= 15 is 0 Å². The van der Waals surface area contributed by atoms with E-state index in [4.69, 9.17) is 6.42 Å². The Morgan fingerprint density at radius 1 is 1.67 bits per heavy atom. The third-order valence-electron chi connectivity index (χ3n) is 2.22. The molecule has 0 aliphatic rings. The third-order valence-corrected chi connectivity index (χ3v) is 2.22. The van der Waals surface area contributed by atoms with Crippen LogP contribution < -0.4 is 5.32 Å². The molecule has 4 nitrogen and oxygen atoms in total. The Kier molecular flexibility index (Phi) is 5.49. The van der Waals surface area contributed by atoms with Crippen LogP contribution in [0.2, 0.25) is 0 Å². The van der Waals surface area contributed by atoms with E-state index < -0.39 is 0 Å². The lowest BCUT2D eigenvalue weighted by Crippen LogP contribution is -2.23. The molecule has 1 atom stereocenters. The highest BCUT2D eigenvalue weighted by Crippen LogP contribution is 2.14. The third kappa shape index (κ3) is 4.13. The summed E-state index contributed by atoms with van der Waals surface area (Å²) in [6, 6.07) is 0.251. The molecule has 1 aromatic rings. The zero-order chi connectivity index (χ0) is 10.9. The number of nitrogens with zero attached hydrogens (tertiary/aromatic N) is 2. The normalized spacial score (nSPS) is 12.3. The molecule has 0 spiro atoms. The van der Waals surface area contributed by atoms with Crippen LogP contribution in [0.1, 0.15) is 44.5 Å². The van der Waals surface area contributed by atoms with Crippen LogP contribution in [-0.2, 0) is 0 Å². The maximum atomic E-state index is 5.23. The molecule has 15 heavy (non-hydrogen) atoms. The summed E-state index contributed by atoms with van der Waals surface area (Å²) < 4.78 is 0. The van der Waals surface area contributed by atoms with Crippen LogP contribution >= 0.6 is 0 Å². The molecule has 2 N–H and O–H groups in total. The van der Waals surface area contributed by atoms with Crippen LogP contribution in [0.15, 0.2) is 6.33 Å². The van der Waals surface area contributed by atoms with Gasteiger partial charge in [0.1, 0.15) is 12.2 Å². The number of aromatic nitrogens is 3. The highest BCUT2D eigenvalue weighted by Gasteiger charge is 2.12. The van der Waals surface area contributed by atoms with Gasteiger partial charge in [0.25, 0.3) is 0 Å². The van der Waals surface area contributed by atoms with E-state index in [9.17, 15) is 0 Å². The maximum absolute atomic E-state index is 5.23. The quantitative estimate of drug-likeness (QED) is 0.527. The Morgan fingerprint density at radius 2 is 2.53 bits per heavy atom. The van der Waals surface area contributed by atoms with Crippen molar-refractivity contribution < 1.29 is 0 Å². The van der Waals surface area contributed by atoms with Gasteiger partial charge in [0.2, 0.25) is 0 Å². The van der Waals surface area contributed by atoms with E-state index in [1.54, 1.807) is 0 Å². The number of hydrogen-bond acceptors (Lipinski definition) is 3. The molecule has 0 amide bonds. The van der Waals surface area contributed by atoms with Gasteiger partial charge in [-0.05, 0) is 25.8 Å². The highest BCUT2D eigenvalue weighted by molar-refractivity contribution is 4.92. The van der Waals surface area contributed by atoms with Crippen molar-refractivity contribution in [2.24, 2.45) is 0 Å². The summed E-state index contributed by atoms with van der Waals surface area (Å²) in [4.78, 5) is 4.17.